The molecule has 1 aliphatic rings. The van der Waals surface area contributed by atoms with Crippen molar-refractivity contribution in [3.63, 3.8) is 0 Å². The van der Waals surface area contributed by atoms with Crippen LogP contribution in [0.25, 0.3) is 21.8 Å². The van der Waals surface area contributed by atoms with E-state index < -0.39 is 0 Å². The van der Waals surface area contributed by atoms with E-state index in [1.54, 1.807) is 0 Å². The zero-order chi connectivity index (χ0) is 28.9. The standard InChI is InChI=1S/C34H38N6O2/c1-40(2)33-28-10-6-7-11-31(28)38-34(39-33)37-26-14-12-23(13-15-26)20-36-32(41)18-25-21-35-30-17-16-27(19-29(25)30)42-22-24-8-4-3-5-9-24/h3-11,16-17,19,21,23,26,35H,12-15,18,20,22H2,1-2H3,(H,36,41)(H,37,38,39)/t23-,26+. The summed E-state index contributed by atoms with van der Waals surface area (Å²) in [6, 6.07) is 24.6. The zero-order valence-corrected chi connectivity index (χ0v) is 24.3. The van der Waals surface area contributed by atoms with Gasteiger partial charge in [-0.15, -0.1) is 0 Å². The Morgan fingerprint density at radius 2 is 1.74 bits per heavy atom. The van der Waals surface area contributed by atoms with Crippen molar-refractivity contribution >= 4 is 39.5 Å². The molecule has 0 saturated heterocycles. The fourth-order valence-corrected chi connectivity index (χ4v) is 5.79. The van der Waals surface area contributed by atoms with Crippen LogP contribution in [0.4, 0.5) is 11.8 Å². The Morgan fingerprint density at radius 1 is 0.952 bits per heavy atom. The molecule has 1 amide bonds. The number of anilines is 2. The van der Waals surface area contributed by atoms with Gasteiger partial charge in [-0.3, -0.25) is 4.79 Å². The number of nitrogens with zero attached hydrogens (tertiary/aromatic N) is 3. The first kappa shape index (κ1) is 27.6. The lowest BCUT2D eigenvalue weighted by Gasteiger charge is -2.29. The lowest BCUT2D eigenvalue weighted by atomic mass is 9.86. The molecule has 0 unspecified atom stereocenters. The molecule has 1 fully saturated rings. The lowest BCUT2D eigenvalue weighted by molar-refractivity contribution is -0.120. The van der Waals surface area contributed by atoms with Crippen LogP contribution in [0.3, 0.4) is 0 Å². The van der Waals surface area contributed by atoms with E-state index in [1.165, 1.54) is 0 Å². The van der Waals surface area contributed by atoms with Crippen molar-refractivity contribution in [3.05, 3.63) is 90.1 Å². The molecule has 0 aliphatic heterocycles. The third-order valence-electron chi connectivity index (χ3n) is 8.11. The first-order valence-electron chi connectivity index (χ1n) is 14.8. The van der Waals surface area contributed by atoms with Gasteiger partial charge in [-0.2, -0.15) is 4.98 Å². The molecule has 1 saturated carbocycles. The average molecular weight is 563 g/mol. The van der Waals surface area contributed by atoms with E-state index in [0.717, 1.165) is 70.2 Å². The van der Waals surface area contributed by atoms with Crippen molar-refractivity contribution in [2.24, 2.45) is 5.92 Å². The second kappa shape index (κ2) is 12.5. The van der Waals surface area contributed by atoms with Gasteiger partial charge < -0.3 is 25.3 Å². The summed E-state index contributed by atoms with van der Waals surface area (Å²) in [6.45, 7) is 1.22. The molecule has 5 aromatic rings. The number of aromatic amines is 1. The maximum atomic E-state index is 12.9. The quantitative estimate of drug-likeness (QED) is 0.191. The topological polar surface area (TPSA) is 95.2 Å². The molecule has 3 aromatic carbocycles. The number of ether oxygens (including phenoxy) is 1. The van der Waals surface area contributed by atoms with Gasteiger partial charge in [-0.05, 0) is 73.1 Å². The Hall–Kier alpha value is -4.59. The fraction of sp³-hybridized carbons (Fsp3) is 0.324. The smallest absolute Gasteiger partial charge is 0.225 e. The van der Waals surface area contributed by atoms with Gasteiger partial charge in [0.25, 0.3) is 0 Å². The summed E-state index contributed by atoms with van der Waals surface area (Å²) < 4.78 is 6.01. The van der Waals surface area contributed by atoms with Crippen LogP contribution >= 0.6 is 0 Å². The SMILES string of the molecule is CN(C)c1nc(N[C@H]2CC[C@@H](CNC(=O)Cc3c[nH]c4ccc(OCc5ccccc5)cc34)CC2)nc2ccccc12. The van der Waals surface area contributed by atoms with Gasteiger partial charge in [0.1, 0.15) is 18.2 Å². The zero-order valence-electron chi connectivity index (χ0n) is 24.3. The highest BCUT2D eigenvalue weighted by Crippen LogP contribution is 2.29. The number of carbonyl (C=O) groups excluding carboxylic acids is 1. The van der Waals surface area contributed by atoms with Gasteiger partial charge in [0.05, 0.1) is 11.9 Å². The summed E-state index contributed by atoms with van der Waals surface area (Å²) in [7, 11) is 4.02. The van der Waals surface area contributed by atoms with Crippen LogP contribution in [-0.4, -0.2) is 47.5 Å². The van der Waals surface area contributed by atoms with Crippen molar-refractivity contribution in [1.29, 1.82) is 0 Å². The van der Waals surface area contributed by atoms with E-state index in [2.05, 4.69) is 21.7 Å². The Labute approximate surface area is 246 Å². The molecule has 8 heteroatoms. The van der Waals surface area contributed by atoms with Gasteiger partial charge in [-0.1, -0.05) is 42.5 Å². The molecule has 216 valence electrons. The Kier molecular flexibility index (Phi) is 8.21. The van der Waals surface area contributed by atoms with Crippen LogP contribution in [0.2, 0.25) is 0 Å². The average Bonchev–Trinajstić information content (AvgIpc) is 3.41. The molecular formula is C34H38N6O2. The first-order chi connectivity index (χ1) is 20.5. The predicted molar refractivity (Wildman–Crippen MR) is 169 cm³/mol. The first-order valence-corrected chi connectivity index (χ1v) is 14.8. The van der Waals surface area contributed by atoms with Crippen LogP contribution in [0.1, 0.15) is 36.8 Å². The third-order valence-corrected chi connectivity index (χ3v) is 8.11. The Balaban J connectivity index is 0.988. The molecule has 2 aromatic heterocycles. The number of benzene rings is 3. The number of H-pyrrole nitrogens is 1. The number of fused-ring (bicyclic) bond motifs is 2. The number of aromatic nitrogens is 3. The summed E-state index contributed by atoms with van der Waals surface area (Å²) in [4.78, 5) is 27.8. The largest absolute Gasteiger partial charge is 0.489 e. The second-order valence-electron chi connectivity index (χ2n) is 11.4. The van der Waals surface area contributed by atoms with Crippen LogP contribution in [-0.2, 0) is 17.8 Å². The Bertz CT molecular complexity index is 1660. The third kappa shape index (κ3) is 6.48. The number of nitrogens with one attached hydrogen (secondary N) is 3. The Morgan fingerprint density at radius 3 is 2.55 bits per heavy atom. The summed E-state index contributed by atoms with van der Waals surface area (Å²) in [5.74, 6) is 2.92. The van der Waals surface area contributed by atoms with Crippen molar-refractivity contribution in [2.75, 3.05) is 30.9 Å². The summed E-state index contributed by atoms with van der Waals surface area (Å²) in [6.07, 6.45) is 6.44. The minimum absolute atomic E-state index is 0.0486. The molecule has 1 aliphatic carbocycles. The molecule has 42 heavy (non-hydrogen) atoms. The highest BCUT2D eigenvalue weighted by atomic mass is 16.5. The van der Waals surface area contributed by atoms with E-state index in [4.69, 9.17) is 14.7 Å². The van der Waals surface area contributed by atoms with E-state index in [0.29, 0.717) is 37.5 Å². The maximum absolute atomic E-state index is 12.9. The van der Waals surface area contributed by atoms with Gasteiger partial charge in [0.2, 0.25) is 11.9 Å². The van der Waals surface area contributed by atoms with E-state index in [-0.39, 0.29) is 5.91 Å². The monoisotopic (exact) mass is 562 g/mol. The molecule has 0 atom stereocenters. The van der Waals surface area contributed by atoms with Gasteiger partial charge in [0, 0.05) is 49.2 Å². The molecule has 0 radical (unpaired) electrons. The number of para-hydroxylation sites is 1. The minimum atomic E-state index is 0.0486. The van der Waals surface area contributed by atoms with Crippen molar-refractivity contribution in [3.8, 4) is 5.75 Å². The molecule has 8 nitrogen and oxygen atoms in total. The summed E-state index contributed by atoms with van der Waals surface area (Å²) >= 11 is 0. The van der Waals surface area contributed by atoms with Crippen molar-refractivity contribution < 1.29 is 9.53 Å². The van der Waals surface area contributed by atoms with Gasteiger partial charge in [0.15, 0.2) is 0 Å². The molecule has 0 bridgehead atoms. The molecular weight excluding hydrogens is 524 g/mol. The maximum Gasteiger partial charge on any atom is 0.225 e. The van der Waals surface area contributed by atoms with Crippen LogP contribution < -0.4 is 20.3 Å². The van der Waals surface area contributed by atoms with E-state index >= 15 is 0 Å². The second-order valence-corrected chi connectivity index (χ2v) is 11.4. The number of hydrogen-bond donors (Lipinski definition) is 3. The number of carbonyl (C=O) groups is 1. The fourth-order valence-electron chi connectivity index (χ4n) is 5.79. The van der Waals surface area contributed by atoms with Crippen LogP contribution in [0.5, 0.6) is 5.75 Å². The summed E-state index contributed by atoms with van der Waals surface area (Å²) in [5.41, 5.74) is 4.05. The molecule has 6 rings (SSSR count). The highest BCUT2D eigenvalue weighted by Gasteiger charge is 2.23. The van der Waals surface area contributed by atoms with Crippen LogP contribution in [0.15, 0.2) is 79.0 Å². The van der Waals surface area contributed by atoms with Crippen molar-refractivity contribution in [1.82, 2.24) is 20.3 Å². The van der Waals surface area contributed by atoms with E-state index in [9.17, 15) is 4.79 Å². The van der Waals surface area contributed by atoms with Gasteiger partial charge >= 0.3 is 0 Å². The molecule has 2 heterocycles. The van der Waals surface area contributed by atoms with Gasteiger partial charge in [-0.25, -0.2) is 4.98 Å². The number of amides is 1. The molecule has 3 N–H and O–H groups in total. The lowest BCUT2D eigenvalue weighted by Crippen LogP contribution is -2.34. The number of rotatable bonds is 10. The summed E-state index contributed by atoms with van der Waals surface area (Å²) in [5, 5.41) is 8.84. The van der Waals surface area contributed by atoms with Crippen LogP contribution in [0, 0.1) is 5.92 Å². The predicted octanol–water partition coefficient (Wildman–Crippen LogP) is 6.09. The highest BCUT2D eigenvalue weighted by molar-refractivity contribution is 5.91. The van der Waals surface area contributed by atoms with Crippen molar-refractivity contribution in [2.45, 2.75) is 44.8 Å². The minimum Gasteiger partial charge on any atom is -0.489 e. The number of hydrogen-bond acceptors (Lipinski definition) is 6. The molecule has 0 spiro atoms. The van der Waals surface area contributed by atoms with E-state index in [1.807, 2.05) is 91.9 Å². The normalized spacial score (nSPS) is 16.8.